The molecule has 0 amide bonds. The van der Waals surface area contributed by atoms with Crippen LogP contribution in [0.3, 0.4) is 0 Å². The average Bonchev–Trinajstić information content (AvgIpc) is 2.87. The molecule has 0 spiro atoms. The van der Waals surface area contributed by atoms with Gasteiger partial charge in [0.1, 0.15) is 0 Å². The van der Waals surface area contributed by atoms with Gasteiger partial charge in [0.25, 0.3) is 0 Å². The first-order chi connectivity index (χ1) is 17.8. The summed E-state index contributed by atoms with van der Waals surface area (Å²) >= 11 is 0. The van der Waals surface area contributed by atoms with E-state index in [0.29, 0.717) is 26.1 Å². The van der Waals surface area contributed by atoms with Crippen LogP contribution in [0.15, 0.2) is 24.3 Å². The molecule has 0 aliphatic heterocycles. The van der Waals surface area contributed by atoms with Crippen molar-refractivity contribution in [2.45, 2.75) is 125 Å². The lowest BCUT2D eigenvalue weighted by atomic mass is 10.1. The van der Waals surface area contributed by atoms with Crippen LogP contribution in [-0.2, 0) is 33.4 Å². The van der Waals surface area contributed by atoms with Gasteiger partial charge in [0.2, 0.25) is 5.78 Å². The fourth-order valence-corrected chi connectivity index (χ4v) is 2.81. The van der Waals surface area contributed by atoms with Crippen LogP contribution in [0.5, 0.6) is 0 Å². The number of esters is 3. The standard InChI is InChI=1S/C20H36O2.C5H8O3.C5H10O2/c1-3-5-6-7-8-9-10-11-12-13-14-15-16-17-18-19-20(21)22-4-2;1-3-8-5(7)4(2)6;1-3-5(6)7-4-2/h8-9,11-12H,3-7,10,13-19H2,1-2H3;3H2,1-2H3;3-4H2,1-2H3/b9-8-,12-11-;;. The second kappa shape index (κ2) is 33.6. The quantitative estimate of drug-likeness (QED) is 0.0566. The third-order valence-corrected chi connectivity index (χ3v) is 4.79. The van der Waals surface area contributed by atoms with Gasteiger partial charge >= 0.3 is 17.9 Å². The summed E-state index contributed by atoms with van der Waals surface area (Å²) in [5, 5.41) is 0. The van der Waals surface area contributed by atoms with Gasteiger partial charge in [0.05, 0.1) is 19.8 Å². The highest BCUT2D eigenvalue weighted by Gasteiger charge is 2.05. The average molecular weight is 527 g/mol. The zero-order chi connectivity index (χ0) is 28.6. The molecule has 0 aliphatic rings. The number of unbranched alkanes of at least 4 members (excludes halogenated alkanes) is 8. The van der Waals surface area contributed by atoms with Crippen LogP contribution >= 0.6 is 0 Å². The lowest BCUT2D eigenvalue weighted by Gasteiger charge is -2.01. The van der Waals surface area contributed by atoms with E-state index in [2.05, 4.69) is 40.7 Å². The summed E-state index contributed by atoms with van der Waals surface area (Å²) in [7, 11) is 0. The molecule has 0 heterocycles. The zero-order valence-electron chi connectivity index (χ0n) is 24.5. The summed E-state index contributed by atoms with van der Waals surface area (Å²) in [6.45, 7) is 11.8. The number of carbonyl (C=O) groups excluding carboxylic acids is 4. The predicted molar refractivity (Wildman–Crippen MR) is 150 cm³/mol. The van der Waals surface area contributed by atoms with Crippen molar-refractivity contribution >= 4 is 23.7 Å². The monoisotopic (exact) mass is 526 g/mol. The molecule has 0 saturated carbocycles. The molecule has 0 N–H and O–H groups in total. The van der Waals surface area contributed by atoms with Crippen molar-refractivity contribution in [3.8, 4) is 0 Å². The minimum Gasteiger partial charge on any atom is -0.466 e. The number of rotatable bonds is 19. The molecule has 216 valence electrons. The van der Waals surface area contributed by atoms with E-state index in [-0.39, 0.29) is 18.5 Å². The van der Waals surface area contributed by atoms with Crippen molar-refractivity contribution in [3.05, 3.63) is 24.3 Å². The van der Waals surface area contributed by atoms with Crippen LogP contribution in [-0.4, -0.2) is 43.5 Å². The number of hydrogen-bond donors (Lipinski definition) is 0. The van der Waals surface area contributed by atoms with Gasteiger partial charge in [0, 0.05) is 19.8 Å². The van der Waals surface area contributed by atoms with Gasteiger partial charge in [-0.25, -0.2) is 4.79 Å². The van der Waals surface area contributed by atoms with E-state index in [9.17, 15) is 19.2 Å². The van der Waals surface area contributed by atoms with Gasteiger partial charge in [-0.1, -0.05) is 70.3 Å². The van der Waals surface area contributed by atoms with Gasteiger partial charge < -0.3 is 14.2 Å². The van der Waals surface area contributed by atoms with Gasteiger partial charge in [-0.05, 0) is 59.3 Å². The molecular weight excluding hydrogens is 472 g/mol. The number of ketones is 1. The molecule has 0 bridgehead atoms. The molecule has 0 rings (SSSR count). The minimum atomic E-state index is -0.757. The molecule has 7 nitrogen and oxygen atoms in total. The highest BCUT2D eigenvalue weighted by atomic mass is 16.5. The Hall–Kier alpha value is -2.44. The molecule has 7 heteroatoms. The molecule has 0 aliphatic carbocycles. The fraction of sp³-hybridized carbons (Fsp3) is 0.733. The largest absolute Gasteiger partial charge is 0.466 e. The molecule has 0 fully saturated rings. The Kier molecular flexibility index (Phi) is 35.4. The number of Topliss-reactive ketones (excluding diaryl/α,β-unsaturated/α-hetero) is 1. The molecule has 0 aromatic heterocycles. The van der Waals surface area contributed by atoms with E-state index < -0.39 is 11.8 Å². The zero-order valence-corrected chi connectivity index (χ0v) is 24.5. The maximum absolute atomic E-state index is 11.1. The maximum atomic E-state index is 11.1. The lowest BCUT2D eigenvalue weighted by Crippen LogP contribution is -2.12. The van der Waals surface area contributed by atoms with Crippen LogP contribution in [0.2, 0.25) is 0 Å². The van der Waals surface area contributed by atoms with Gasteiger partial charge in [-0.15, -0.1) is 0 Å². The summed E-state index contributed by atoms with van der Waals surface area (Å²) in [4.78, 5) is 41.6. The van der Waals surface area contributed by atoms with Crippen LogP contribution in [0.1, 0.15) is 125 Å². The molecular formula is C30H54O7. The van der Waals surface area contributed by atoms with Crippen molar-refractivity contribution in [1.82, 2.24) is 0 Å². The molecule has 0 atom stereocenters. The highest BCUT2D eigenvalue weighted by Crippen LogP contribution is 2.08. The molecule has 37 heavy (non-hydrogen) atoms. The van der Waals surface area contributed by atoms with Gasteiger partial charge in [0.15, 0.2) is 0 Å². The van der Waals surface area contributed by atoms with Crippen molar-refractivity contribution in [2.24, 2.45) is 0 Å². The Labute approximate surface area is 226 Å². The number of ether oxygens (including phenoxy) is 3. The number of hydrogen-bond acceptors (Lipinski definition) is 7. The van der Waals surface area contributed by atoms with Crippen molar-refractivity contribution in [3.63, 3.8) is 0 Å². The van der Waals surface area contributed by atoms with E-state index in [0.717, 1.165) is 19.3 Å². The van der Waals surface area contributed by atoms with Crippen molar-refractivity contribution < 1.29 is 33.4 Å². The van der Waals surface area contributed by atoms with E-state index in [4.69, 9.17) is 4.74 Å². The fourth-order valence-electron chi connectivity index (χ4n) is 2.81. The Bertz CT molecular complexity index is 609. The van der Waals surface area contributed by atoms with Gasteiger partial charge in [-0.3, -0.25) is 14.4 Å². The third kappa shape index (κ3) is 38.3. The van der Waals surface area contributed by atoms with Crippen LogP contribution in [0.25, 0.3) is 0 Å². The normalized spacial score (nSPS) is 10.2. The van der Waals surface area contributed by atoms with E-state index in [1.807, 2.05) is 6.92 Å². The molecule has 0 saturated heterocycles. The summed E-state index contributed by atoms with van der Waals surface area (Å²) in [5.41, 5.74) is 0. The number of carbonyl (C=O) groups is 4. The molecule has 0 unspecified atom stereocenters. The molecule has 0 aromatic carbocycles. The predicted octanol–water partition coefficient (Wildman–Crippen LogP) is 7.46. The minimum absolute atomic E-state index is 0.0480. The SMILES string of the molecule is CCCCC/C=C\C/C=C\CCCCCCCC(=O)OCC.CCOC(=O)C(C)=O.CCOC(=O)CC. The first kappa shape index (κ1) is 39.1. The summed E-state index contributed by atoms with van der Waals surface area (Å²) < 4.78 is 13.8. The van der Waals surface area contributed by atoms with E-state index in [1.54, 1.807) is 20.8 Å². The van der Waals surface area contributed by atoms with Crippen molar-refractivity contribution in [1.29, 1.82) is 0 Å². The van der Waals surface area contributed by atoms with Crippen LogP contribution in [0, 0.1) is 0 Å². The maximum Gasteiger partial charge on any atom is 0.374 e. The Morgan fingerprint density at radius 3 is 1.49 bits per heavy atom. The summed E-state index contributed by atoms with van der Waals surface area (Å²) in [6, 6.07) is 0. The summed E-state index contributed by atoms with van der Waals surface area (Å²) in [5.74, 6) is -1.48. The first-order valence-electron chi connectivity index (χ1n) is 14.1. The topological polar surface area (TPSA) is 96.0 Å². The van der Waals surface area contributed by atoms with Crippen LogP contribution < -0.4 is 0 Å². The van der Waals surface area contributed by atoms with Gasteiger partial charge in [-0.2, -0.15) is 0 Å². The second-order valence-electron chi connectivity index (χ2n) is 8.22. The van der Waals surface area contributed by atoms with Crippen molar-refractivity contribution in [2.75, 3.05) is 19.8 Å². The second-order valence-corrected chi connectivity index (χ2v) is 8.22. The highest BCUT2D eigenvalue weighted by molar-refractivity contribution is 6.32. The first-order valence-corrected chi connectivity index (χ1v) is 14.1. The summed E-state index contributed by atoms with van der Waals surface area (Å²) in [6.07, 6.45) is 23.6. The Balaban J connectivity index is -0.000000626. The number of allylic oxidation sites excluding steroid dienone is 4. The Morgan fingerprint density at radius 2 is 1.05 bits per heavy atom. The van der Waals surface area contributed by atoms with E-state index >= 15 is 0 Å². The lowest BCUT2D eigenvalue weighted by molar-refractivity contribution is -0.152. The Morgan fingerprint density at radius 1 is 0.568 bits per heavy atom. The van der Waals surface area contributed by atoms with E-state index in [1.165, 1.54) is 58.3 Å². The van der Waals surface area contributed by atoms with Crippen LogP contribution in [0.4, 0.5) is 0 Å². The molecule has 0 aromatic rings. The third-order valence-electron chi connectivity index (χ3n) is 4.79. The molecule has 0 radical (unpaired) electrons. The smallest absolute Gasteiger partial charge is 0.374 e.